The van der Waals surface area contributed by atoms with Gasteiger partial charge in [-0.25, -0.2) is 0 Å². The number of hydrogen-bond acceptors (Lipinski definition) is 1. The molecule has 1 aromatic heterocycles. The number of benzene rings is 1. The van der Waals surface area contributed by atoms with Crippen LogP contribution in [-0.4, -0.2) is 28.9 Å². The predicted molar refractivity (Wildman–Crippen MR) is 77.1 cm³/mol. The molecule has 0 atom stereocenters. The van der Waals surface area contributed by atoms with E-state index in [0.717, 1.165) is 31.4 Å². The average molecular weight is 256 g/mol. The summed E-state index contributed by atoms with van der Waals surface area (Å²) in [5.41, 5.74) is 2.04. The lowest BCUT2D eigenvalue weighted by Crippen LogP contribution is -2.39. The molecular weight excluding hydrogens is 236 g/mol. The SMILES string of the molecule is CCN(CC)C(=O)C1(c2c[nH]c3ccccc23)CC1. The van der Waals surface area contributed by atoms with E-state index in [1.54, 1.807) is 0 Å². The average Bonchev–Trinajstić information content (AvgIpc) is 3.13. The molecule has 1 aliphatic rings. The molecule has 100 valence electrons. The second-order valence-corrected chi connectivity index (χ2v) is 5.31. The minimum atomic E-state index is -0.258. The van der Waals surface area contributed by atoms with E-state index >= 15 is 0 Å². The highest BCUT2D eigenvalue weighted by atomic mass is 16.2. The van der Waals surface area contributed by atoms with Crippen molar-refractivity contribution < 1.29 is 4.79 Å². The molecule has 1 fully saturated rings. The smallest absolute Gasteiger partial charge is 0.233 e. The summed E-state index contributed by atoms with van der Waals surface area (Å²) in [7, 11) is 0. The van der Waals surface area contributed by atoms with E-state index in [4.69, 9.17) is 0 Å². The predicted octanol–water partition coefficient (Wildman–Crippen LogP) is 3.07. The van der Waals surface area contributed by atoms with E-state index in [1.807, 2.05) is 37.1 Å². The van der Waals surface area contributed by atoms with Crippen molar-refractivity contribution in [1.82, 2.24) is 9.88 Å². The summed E-state index contributed by atoms with van der Waals surface area (Å²) in [6, 6.07) is 8.24. The number of carbonyl (C=O) groups excluding carboxylic acids is 1. The number of nitrogens with zero attached hydrogens (tertiary/aromatic N) is 1. The summed E-state index contributed by atoms with van der Waals surface area (Å²) in [4.78, 5) is 18.0. The van der Waals surface area contributed by atoms with Crippen LogP contribution in [0.5, 0.6) is 0 Å². The molecule has 0 radical (unpaired) electrons. The van der Waals surface area contributed by atoms with E-state index in [1.165, 1.54) is 10.9 Å². The molecule has 3 rings (SSSR count). The molecule has 3 nitrogen and oxygen atoms in total. The number of carbonyl (C=O) groups is 1. The highest BCUT2D eigenvalue weighted by Crippen LogP contribution is 2.51. The van der Waals surface area contributed by atoms with Gasteiger partial charge >= 0.3 is 0 Å². The third-order valence-corrected chi connectivity index (χ3v) is 4.31. The molecule has 0 bridgehead atoms. The van der Waals surface area contributed by atoms with Crippen molar-refractivity contribution in [2.75, 3.05) is 13.1 Å². The van der Waals surface area contributed by atoms with Gasteiger partial charge in [0.05, 0.1) is 5.41 Å². The molecule has 1 amide bonds. The molecule has 0 aliphatic heterocycles. The van der Waals surface area contributed by atoms with E-state index in [0.29, 0.717) is 5.91 Å². The number of aromatic nitrogens is 1. The maximum Gasteiger partial charge on any atom is 0.233 e. The Morgan fingerprint density at radius 1 is 1.26 bits per heavy atom. The lowest BCUT2D eigenvalue weighted by atomic mass is 9.93. The fourth-order valence-corrected chi connectivity index (χ4v) is 3.00. The van der Waals surface area contributed by atoms with Gasteiger partial charge < -0.3 is 9.88 Å². The number of H-pyrrole nitrogens is 1. The summed E-state index contributed by atoms with van der Waals surface area (Å²) < 4.78 is 0. The van der Waals surface area contributed by atoms with Gasteiger partial charge in [-0.3, -0.25) is 4.79 Å². The van der Waals surface area contributed by atoms with Crippen LogP contribution in [0.15, 0.2) is 30.5 Å². The molecule has 1 aliphatic carbocycles. The minimum absolute atomic E-state index is 0.258. The number of aromatic amines is 1. The quantitative estimate of drug-likeness (QED) is 0.896. The van der Waals surface area contributed by atoms with Crippen molar-refractivity contribution in [3.63, 3.8) is 0 Å². The molecular formula is C16H20N2O. The number of amides is 1. The normalized spacial score (nSPS) is 16.5. The zero-order valence-corrected chi connectivity index (χ0v) is 11.6. The lowest BCUT2D eigenvalue weighted by Gasteiger charge is -2.24. The Labute approximate surface area is 113 Å². The van der Waals surface area contributed by atoms with Crippen molar-refractivity contribution >= 4 is 16.8 Å². The third kappa shape index (κ3) is 1.76. The van der Waals surface area contributed by atoms with Gasteiger partial charge in [-0.2, -0.15) is 0 Å². The van der Waals surface area contributed by atoms with Crippen molar-refractivity contribution in [1.29, 1.82) is 0 Å². The van der Waals surface area contributed by atoms with Crippen LogP contribution in [0, 0.1) is 0 Å². The van der Waals surface area contributed by atoms with Gasteiger partial charge in [0.1, 0.15) is 0 Å². The van der Waals surface area contributed by atoms with Crippen LogP contribution < -0.4 is 0 Å². The first-order valence-electron chi connectivity index (χ1n) is 7.09. The van der Waals surface area contributed by atoms with Gasteiger partial charge in [0, 0.05) is 30.2 Å². The molecule has 0 spiro atoms. The number of hydrogen-bond donors (Lipinski definition) is 1. The summed E-state index contributed by atoms with van der Waals surface area (Å²) >= 11 is 0. The third-order valence-electron chi connectivity index (χ3n) is 4.31. The van der Waals surface area contributed by atoms with E-state index in [2.05, 4.69) is 17.1 Å². The van der Waals surface area contributed by atoms with Gasteiger partial charge in [-0.05, 0) is 38.3 Å². The molecule has 0 saturated heterocycles. The van der Waals surface area contributed by atoms with Gasteiger partial charge in [0.15, 0.2) is 0 Å². The van der Waals surface area contributed by atoms with Crippen LogP contribution in [0.2, 0.25) is 0 Å². The Kier molecular flexibility index (Phi) is 2.85. The Bertz CT molecular complexity index is 606. The van der Waals surface area contributed by atoms with Crippen molar-refractivity contribution in [3.8, 4) is 0 Å². The summed E-state index contributed by atoms with van der Waals surface area (Å²) in [6.07, 6.45) is 3.98. The molecule has 1 saturated carbocycles. The topological polar surface area (TPSA) is 36.1 Å². The van der Waals surface area contributed by atoms with Crippen LogP contribution in [0.25, 0.3) is 10.9 Å². The first kappa shape index (κ1) is 12.3. The molecule has 1 heterocycles. The Morgan fingerprint density at radius 3 is 2.58 bits per heavy atom. The van der Waals surface area contributed by atoms with Crippen LogP contribution in [0.1, 0.15) is 32.3 Å². The van der Waals surface area contributed by atoms with Crippen LogP contribution >= 0.6 is 0 Å². The van der Waals surface area contributed by atoms with Crippen molar-refractivity contribution in [3.05, 3.63) is 36.0 Å². The molecule has 1 aromatic carbocycles. The molecule has 3 heteroatoms. The van der Waals surface area contributed by atoms with Gasteiger partial charge in [-0.15, -0.1) is 0 Å². The largest absolute Gasteiger partial charge is 0.361 e. The van der Waals surface area contributed by atoms with E-state index in [-0.39, 0.29) is 5.41 Å². The minimum Gasteiger partial charge on any atom is -0.361 e. The highest BCUT2D eigenvalue weighted by Gasteiger charge is 2.53. The number of fused-ring (bicyclic) bond motifs is 1. The second kappa shape index (κ2) is 4.41. The molecule has 2 aromatic rings. The number of para-hydroxylation sites is 1. The first-order chi connectivity index (χ1) is 9.23. The standard InChI is InChI=1S/C16H20N2O/c1-3-18(4-2)15(19)16(9-10-16)13-11-17-14-8-6-5-7-12(13)14/h5-8,11,17H,3-4,9-10H2,1-2H3. The van der Waals surface area contributed by atoms with Gasteiger partial charge in [0.25, 0.3) is 0 Å². The number of nitrogens with one attached hydrogen (secondary N) is 1. The van der Waals surface area contributed by atoms with Crippen molar-refractivity contribution in [2.45, 2.75) is 32.1 Å². The fraction of sp³-hybridized carbons (Fsp3) is 0.438. The van der Waals surface area contributed by atoms with Gasteiger partial charge in [-0.1, -0.05) is 18.2 Å². The molecule has 19 heavy (non-hydrogen) atoms. The summed E-state index contributed by atoms with van der Waals surface area (Å²) in [6.45, 7) is 5.68. The van der Waals surface area contributed by atoms with Crippen LogP contribution in [-0.2, 0) is 10.2 Å². The van der Waals surface area contributed by atoms with Crippen molar-refractivity contribution in [2.24, 2.45) is 0 Å². The first-order valence-corrected chi connectivity index (χ1v) is 7.09. The Hall–Kier alpha value is -1.77. The lowest BCUT2D eigenvalue weighted by molar-refractivity contribution is -0.133. The number of rotatable bonds is 4. The van der Waals surface area contributed by atoms with E-state index in [9.17, 15) is 4.79 Å². The second-order valence-electron chi connectivity index (χ2n) is 5.31. The number of likely N-dealkylation sites (N-methyl/N-ethyl adjacent to an activating group) is 1. The van der Waals surface area contributed by atoms with Crippen LogP contribution in [0.3, 0.4) is 0 Å². The molecule has 0 unspecified atom stereocenters. The molecule has 1 N–H and O–H groups in total. The van der Waals surface area contributed by atoms with E-state index < -0.39 is 0 Å². The zero-order valence-electron chi connectivity index (χ0n) is 11.6. The van der Waals surface area contributed by atoms with Gasteiger partial charge in [0.2, 0.25) is 5.91 Å². The Morgan fingerprint density at radius 2 is 1.95 bits per heavy atom. The highest BCUT2D eigenvalue weighted by molar-refractivity contribution is 5.97. The maximum absolute atomic E-state index is 12.7. The summed E-state index contributed by atoms with van der Waals surface area (Å²) in [5.74, 6) is 0.294. The Balaban J connectivity index is 2.03. The monoisotopic (exact) mass is 256 g/mol. The summed E-state index contributed by atoms with van der Waals surface area (Å²) in [5, 5.41) is 1.19. The van der Waals surface area contributed by atoms with Crippen LogP contribution in [0.4, 0.5) is 0 Å². The zero-order chi connectivity index (χ0) is 13.5. The fourth-order valence-electron chi connectivity index (χ4n) is 3.00. The maximum atomic E-state index is 12.7.